The number of rotatable bonds is 10. The van der Waals surface area contributed by atoms with Gasteiger partial charge in [-0.3, -0.25) is 4.99 Å². The summed E-state index contributed by atoms with van der Waals surface area (Å²) in [5, 5.41) is 11.5. The zero-order chi connectivity index (χ0) is 18.7. The van der Waals surface area contributed by atoms with Crippen molar-refractivity contribution in [3.63, 3.8) is 0 Å². The van der Waals surface area contributed by atoms with Crippen LogP contribution in [0, 0.1) is 0 Å². The molecule has 8 nitrogen and oxygen atoms in total. The lowest BCUT2D eigenvalue weighted by molar-refractivity contribution is 0.180. The third-order valence-electron chi connectivity index (χ3n) is 3.58. The maximum atomic E-state index is 11.4. The predicted molar refractivity (Wildman–Crippen MR) is 100 cm³/mol. The maximum absolute atomic E-state index is 11.4. The molecule has 25 heavy (non-hydrogen) atoms. The Hall–Kier alpha value is -1.68. The van der Waals surface area contributed by atoms with E-state index in [1.807, 2.05) is 6.07 Å². The fraction of sp³-hybridized carbons (Fsp3) is 0.562. The summed E-state index contributed by atoms with van der Waals surface area (Å²) in [6.45, 7) is 3.82. The molecule has 4 N–H and O–H groups in total. The summed E-state index contributed by atoms with van der Waals surface area (Å²) in [7, 11) is 1.77. The van der Waals surface area contributed by atoms with Gasteiger partial charge in [-0.2, -0.15) is 0 Å². The van der Waals surface area contributed by atoms with E-state index in [4.69, 9.17) is 9.88 Å². The molecule has 0 aliphatic heterocycles. The first-order chi connectivity index (χ1) is 11.9. The molecule has 0 aliphatic rings. The molecule has 0 saturated carbocycles. The Morgan fingerprint density at radius 1 is 1.32 bits per heavy atom. The second kappa shape index (κ2) is 11.0. The van der Waals surface area contributed by atoms with Gasteiger partial charge in [0, 0.05) is 46.9 Å². The SMILES string of the molecule is CN=C(NCCN(C)CCCOC)NCc1cccc(S(N)(=O)=O)c1. The van der Waals surface area contributed by atoms with Gasteiger partial charge in [0.05, 0.1) is 4.90 Å². The zero-order valence-corrected chi connectivity index (χ0v) is 16.0. The molecule has 0 amide bonds. The number of primary sulfonamides is 1. The van der Waals surface area contributed by atoms with Crippen molar-refractivity contribution in [2.75, 3.05) is 47.4 Å². The van der Waals surface area contributed by atoms with E-state index in [0.29, 0.717) is 12.5 Å². The topological polar surface area (TPSA) is 109 Å². The lowest BCUT2D eigenvalue weighted by Gasteiger charge is -2.18. The van der Waals surface area contributed by atoms with E-state index < -0.39 is 10.0 Å². The number of ether oxygens (including phenoxy) is 1. The van der Waals surface area contributed by atoms with Gasteiger partial charge < -0.3 is 20.3 Å². The van der Waals surface area contributed by atoms with Crippen LogP contribution in [0.2, 0.25) is 0 Å². The molecule has 1 aromatic carbocycles. The minimum atomic E-state index is -3.69. The average Bonchev–Trinajstić information content (AvgIpc) is 2.57. The molecule has 0 spiro atoms. The van der Waals surface area contributed by atoms with Crippen LogP contribution < -0.4 is 15.8 Å². The van der Waals surface area contributed by atoms with Gasteiger partial charge in [-0.1, -0.05) is 12.1 Å². The molecule has 0 heterocycles. The van der Waals surface area contributed by atoms with Gasteiger partial charge in [0.1, 0.15) is 0 Å². The number of nitrogens with zero attached hydrogens (tertiary/aromatic N) is 2. The number of methoxy groups -OCH3 is 1. The van der Waals surface area contributed by atoms with E-state index in [1.165, 1.54) is 6.07 Å². The second-order valence-electron chi connectivity index (χ2n) is 5.69. The quantitative estimate of drug-likeness (QED) is 0.303. The highest BCUT2D eigenvalue weighted by molar-refractivity contribution is 7.89. The molecule has 142 valence electrons. The highest BCUT2D eigenvalue weighted by Gasteiger charge is 2.08. The van der Waals surface area contributed by atoms with Crippen LogP contribution in [0.3, 0.4) is 0 Å². The van der Waals surface area contributed by atoms with Gasteiger partial charge in [0.25, 0.3) is 0 Å². The first kappa shape index (κ1) is 21.4. The van der Waals surface area contributed by atoms with E-state index in [1.54, 1.807) is 26.3 Å². The third kappa shape index (κ3) is 8.82. The summed E-state index contributed by atoms with van der Waals surface area (Å²) in [5.74, 6) is 0.659. The number of sulfonamides is 1. The van der Waals surface area contributed by atoms with Crippen LogP contribution in [0.4, 0.5) is 0 Å². The van der Waals surface area contributed by atoms with Crippen LogP contribution in [0.5, 0.6) is 0 Å². The number of aliphatic imine (C=N–C) groups is 1. The van der Waals surface area contributed by atoms with Crippen molar-refractivity contribution in [1.29, 1.82) is 0 Å². The van der Waals surface area contributed by atoms with Gasteiger partial charge in [0.2, 0.25) is 10.0 Å². The van der Waals surface area contributed by atoms with Crippen molar-refractivity contribution in [1.82, 2.24) is 15.5 Å². The lowest BCUT2D eigenvalue weighted by atomic mass is 10.2. The molecule has 9 heteroatoms. The van der Waals surface area contributed by atoms with Gasteiger partial charge in [-0.05, 0) is 31.2 Å². The summed E-state index contributed by atoms with van der Waals surface area (Å²) in [6, 6.07) is 6.53. The van der Waals surface area contributed by atoms with E-state index in [2.05, 4.69) is 27.6 Å². The summed E-state index contributed by atoms with van der Waals surface area (Å²) in [5.41, 5.74) is 0.811. The molecule has 0 saturated heterocycles. The van der Waals surface area contributed by atoms with Crippen LogP contribution >= 0.6 is 0 Å². The second-order valence-corrected chi connectivity index (χ2v) is 7.26. The fourth-order valence-corrected chi connectivity index (χ4v) is 2.78. The predicted octanol–water partition coefficient (Wildman–Crippen LogP) is -0.0327. The maximum Gasteiger partial charge on any atom is 0.238 e. The Morgan fingerprint density at radius 3 is 2.72 bits per heavy atom. The normalized spacial score (nSPS) is 12.4. The van der Waals surface area contributed by atoms with Gasteiger partial charge >= 0.3 is 0 Å². The molecular formula is C16H29N5O3S. The van der Waals surface area contributed by atoms with E-state index in [-0.39, 0.29) is 4.90 Å². The minimum Gasteiger partial charge on any atom is -0.385 e. The van der Waals surface area contributed by atoms with Crippen LogP contribution in [0.25, 0.3) is 0 Å². The van der Waals surface area contributed by atoms with Crippen LogP contribution in [0.15, 0.2) is 34.2 Å². The zero-order valence-electron chi connectivity index (χ0n) is 15.2. The number of hydrogen-bond donors (Lipinski definition) is 3. The monoisotopic (exact) mass is 371 g/mol. The first-order valence-corrected chi connectivity index (χ1v) is 9.65. The number of nitrogens with two attached hydrogens (primary N) is 1. The number of likely N-dealkylation sites (N-methyl/N-ethyl adjacent to an activating group) is 1. The van der Waals surface area contributed by atoms with Crippen molar-refractivity contribution < 1.29 is 13.2 Å². The number of benzene rings is 1. The Morgan fingerprint density at radius 2 is 2.08 bits per heavy atom. The fourth-order valence-electron chi connectivity index (χ4n) is 2.19. The highest BCUT2D eigenvalue weighted by Crippen LogP contribution is 2.09. The Kier molecular flexibility index (Phi) is 9.43. The Bertz CT molecular complexity index is 649. The molecule has 0 radical (unpaired) electrons. The van der Waals surface area contributed by atoms with Crippen LogP contribution in [-0.2, 0) is 21.3 Å². The molecule has 0 unspecified atom stereocenters. The van der Waals surface area contributed by atoms with Crippen molar-refractivity contribution in [2.45, 2.75) is 17.9 Å². The lowest BCUT2D eigenvalue weighted by Crippen LogP contribution is -2.40. The number of hydrogen-bond acceptors (Lipinski definition) is 5. The number of nitrogens with one attached hydrogen (secondary N) is 2. The molecule has 0 aromatic heterocycles. The van der Waals surface area contributed by atoms with E-state index in [0.717, 1.165) is 38.2 Å². The molecule has 1 rings (SSSR count). The molecule has 0 bridgehead atoms. The minimum absolute atomic E-state index is 0.104. The van der Waals surface area contributed by atoms with Gasteiger partial charge in [0.15, 0.2) is 5.96 Å². The summed E-state index contributed by atoms with van der Waals surface area (Å²) < 4.78 is 27.8. The van der Waals surface area contributed by atoms with Crippen molar-refractivity contribution in [3.05, 3.63) is 29.8 Å². The van der Waals surface area contributed by atoms with E-state index in [9.17, 15) is 8.42 Å². The van der Waals surface area contributed by atoms with Crippen molar-refractivity contribution in [3.8, 4) is 0 Å². The van der Waals surface area contributed by atoms with Crippen LogP contribution in [0.1, 0.15) is 12.0 Å². The molecule has 0 atom stereocenters. The molecule has 1 aromatic rings. The standard InChI is InChI=1S/C16H29N5O3S/c1-18-16(19-8-10-21(2)9-5-11-24-3)20-13-14-6-4-7-15(12-14)25(17,22)23/h4,6-7,12H,5,8-11,13H2,1-3H3,(H2,17,22,23)(H2,18,19,20). The Labute approximate surface area is 150 Å². The average molecular weight is 372 g/mol. The van der Waals surface area contributed by atoms with Crippen LogP contribution in [-0.4, -0.2) is 66.7 Å². The first-order valence-electron chi connectivity index (χ1n) is 8.10. The third-order valence-corrected chi connectivity index (χ3v) is 4.50. The Balaban J connectivity index is 2.40. The van der Waals surface area contributed by atoms with Crippen molar-refractivity contribution in [2.24, 2.45) is 10.1 Å². The van der Waals surface area contributed by atoms with Gasteiger partial charge in [-0.15, -0.1) is 0 Å². The largest absolute Gasteiger partial charge is 0.385 e. The molecule has 0 fully saturated rings. The molecular weight excluding hydrogens is 342 g/mol. The molecule has 0 aliphatic carbocycles. The highest BCUT2D eigenvalue weighted by atomic mass is 32.2. The summed E-state index contributed by atoms with van der Waals surface area (Å²) in [6.07, 6.45) is 1.00. The van der Waals surface area contributed by atoms with E-state index >= 15 is 0 Å². The number of guanidine groups is 1. The summed E-state index contributed by atoms with van der Waals surface area (Å²) >= 11 is 0. The smallest absolute Gasteiger partial charge is 0.238 e. The van der Waals surface area contributed by atoms with Crippen molar-refractivity contribution >= 4 is 16.0 Å². The summed E-state index contributed by atoms with van der Waals surface area (Å²) in [4.78, 5) is 6.48. The van der Waals surface area contributed by atoms with Gasteiger partial charge in [-0.25, -0.2) is 13.6 Å².